The van der Waals surface area contributed by atoms with Crippen LogP contribution in [-0.2, 0) is 4.79 Å². The summed E-state index contributed by atoms with van der Waals surface area (Å²) >= 11 is 0. The van der Waals surface area contributed by atoms with Crippen LogP contribution < -0.4 is 10.6 Å². The van der Waals surface area contributed by atoms with Crippen LogP contribution in [0.1, 0.15) is 38.5 Å². The number of urea groups is 1. The van der Waals surface area contributed by atoms with E-state index in [4.69, 9.17) is 5.11 Å². The van der Waals surface area contributed by atoms with Crippen molar-refractivity contribution in [3.8, 4) is 0 Å². The minimum Gasteiger partial charge on any atom is -0.481 e. The summed E-state index contributed by atoms with van der Waals surface area (Å²) < 4.78 is 0. The third-order valence-corrected chi connectivity index (χ3v) is 3.72. The van der Waals surface area contributed by atoms with E-state index in [1.807, 2.05) is 0 Å². The molecule has 1 saturated carbocycles. The predicted octanol–water partition coefficient (Wildman–Crippen LogP) is 1.65. The lowest BCUT2D eigenvalue weighted by molar-refractivity contribution is -0.141. The summed E-state index contributed by atoms with van der Waals surface area (Å²) in [7, 11) is 0. The Bertz CT molecular complexity index is 354. The summed E-state index contributed by atoms with van der Waals surface area (Å²) in [6, 6.07) is 0.0586. The Labute approximate surface area is 107 Å². The van der Waals surface area contributed by atoms with Gasteiger partial charge < -0.3 is 15.7 Å². The molecule has 0 heterocycles. The van der Waals surface area contributed by atoms with E-state index in [9.17, 15) is 9.59 Å². The molecule has 0 aliphatic heterocycles. The summed E-state index contributed by atoms with van der Waals surface area (Å²) in [5, 5.41) is 14.7. The Balaban J connectivity index is 1.71. The highest BCUT2D eigenvalue weighted by molar-refractivity contribution is 5.75. The molecule has 100 valence electrons. The van der Waals surface area contributed by atoms with Crippen LogP contribution in [0, 0.1) is 5.92 Å². The number of carbonyl (C=O) groups is 2. The quantitative estimate of drug-likeness (QED) is 0.668. The molecule has 18 heavy (non-hydrogen) atoms. The topological polar surface area (TPSA) is 78.4 Å². The van der Waals surface area contributed by atoms with Crippen molar-refractivity contribution in [3.63, 3.8) is 0 Å². The second-order valence-corrected chi connectivity index (χ2v) is 5.14. The van der Waals surface area contributed by atoms with Gasteiger partial charge in [-0.1, -0.05) is 12.2 Å². The van der Waals surface area contributed by atoms with Gasteiger partial charge in [0.25, 0.3) is 0 Å². The van der Waals surface area contributed by atoms with Gasteiger partial charge in [-0.25, -0.2) is 4.79 Å². The van der Waals surface area contributed by atoms with Gasteiger partial charge in [-0.2, -0.15) is 0 Å². The third kappa shape index (κ3) is 3.48. The van der Waals surface area contributed by atoms with E-state index in [-0.39, 0.29) is 24.0 Å². The normalized spacial score (nSPS) is 31.0. The van der Waals surface area contributed by atoms with Gasteiger partial charge in [0.15, 0.2) is 0 Å². The fraction of sp³-hybridized carbons (Fsp3) is 0.692. The van der Waals surface area contributed by atoms with Crippen LogP contribution in [0.2, 0.25) is 0 Å². The van der Waals surface area contributed by atoms with Crippen LogP contribution in [-0.4, -0.2) is 29.2 Å². The Morgan fingerprint density at radius 2 is 1.83 bits per heavy atom. The van der Waals surface area contributed by atoms with E-state index < -0.39 is 5.97 Å². The van der Waals surface area contributed by atoms with Crippen LogP contribution in [0.3, 0.4) is 0 Å². The smallest absolute Gasteiger partial charge is 0.315 e. The summed E-state index contributed by atoms with van der Waals surface area (Å²) in [5.41, 5.74) is 0. The Morgan fingerprint density at radius 1 is 1.06 bits per heavy atom. The van der Waals surface area contributed by atoms with Gasteiger partial charge >= 0.3 is 12.0 Å². The zero-order valence-electron chi connectivity index (χ0n) is 10.4. The minimum atomic E-state index is -0.753. The molecule has 2 rings (SSSR count). The highest BCUT2D eigenvalue weighted by Gasteiger charge is 2.30. The van der Waals surface area contributed by atoms with Crippen molar-refractivity contribution in [3.05, 3.63) is 12.2 Å². The largest absolute Gasteiger partial charge is 0.481 e. The minimum absolute atomic E-state index is 0.00485. The standard InChI is InChI=1S/C13H20N2O3/c16-12(17)9-6-7-11(8-9)15-13(18)14-10-4-2-1-3-5-10/h1-2,9-11H,3-8H2,(H,16,17)(H2,14,15,18). The van der Waals surface area contributed by atoms with Crippen molar-refractivity contribution >= 4 is 12.0 Å². The lowest BCUT2D eigenvalue weighted by Crippen LogP contribution is -2.45. The summed E-state index contributed by atoms with van der Waals surface area (Å²) in [4.78, 5) is 22.6. The Hall–Kier alpha value is -1.52. The molecule has 0 aromatic rings. The summed E-state index contributed by atoms with van der Waals surface area (Å²) in [5.74, 6) is -1.05. The summed E-state index contributed by atoms with van der Waals surface area (Å²) in [6.45, 7) is 0. The number of hydrogen-bond acceptors (Lipinski definition) is 2. The molecular formula is C13H20N2O3. The SMILES string of the molecule is O=C(NC1CC=CCC1)NC1CCC(C(=O)O)C1. The number of carbonyl (C=O) groups excluding carboxylic acids is 1. The third-order valence-electron chi connectivity index (χ3n) is 3.72. The highest BCUT2D eigenvalue weighted by atomic mass is 16.4. The first-order valence-electron chi connectivity index (χ1n) is 6.60. The van der Waals surface area contributed by atoms with E-state index in [0.717, 1.165) is 25.7 Å². The number of hydrogen-bond donors (Lipinski definition) is 3. The van der Waals surface area contributed by atoms with E-state index in [1.165, 1.54) is 0 Å². The number of carboxylic acids is 1. The monoisotopic (exact) mass is 252 g/mol. The number of aliphatic carboxylic acids is 1. The van der Waals surface area contributed by atoms with Gasteiger partial charge in [0.05, 0.1) is 5.92 Å². The lowest BCUT2D eigenvalue weighted by atomic mass is 10.0. The molecule has 0 radical (unpaired) electrons. The molecule has 0 aromatic carbocycles. The number of allylic oxidation sites excluding steroid dienone is 1. The van der Waals surface area contributed by atoms with Crippen molar-refractivity contribution in [1.82, 2.24) is 10.6 Å². The Kier molecular flexibility index (Phi) is 4.23. The van der Waals surface area contributed by atoms with E-state index in [1.54, 1.807) is 0 Å². The maximum Gasteiger partial charge on any atom is 0.315 e. The summed E-state index contributed by atoms with van der Waals surface area (Å²) in [6.07, 6.45) is 9.06. The first-order chi connectivity index (χ1) is 8.65. The molecule has 3 atom stereocenters. The fourth-order valence-electron chi connectivity index (χ4n) is 2.67. The van der Waals surface area contributed by atoms with Gasteiger partial charge in [0, 0.05) is 12.1 Å². The lowest BCUT2D eigenvalue weighted by Gasteiger charge is -2.21. The first-order valence-corrected chi connectivity index (χ1v) is 6.60. The van der Waals surface area contributed by atoms with Crippen LogP contribution in [0.15, 0.2) is 12.2 Å². The molecule has 2 amide bonds. The zero-order valence-corrected chi connectivity index (χ0v) is 10.4. The second kappa shape index (κ2) is 5.89. The maximum atomic E-state index is 11.8. The van der Waals surface area contributed by atoms with Crippen molar-refractivity contribution in [2.45, 2.75) is 50.6 Å². The van der Waals surface area contributed by atoms with Gasteiger partial charge in [-0.15, -0.1) is 0 Å². The van der Waals surface area contributed by atoms with E-state index in [2.05, 4.69) is 22.8 Å². The molecule has 2 aliphatic rings. The average molecular weight is 252 g/mol. The first kappa shape index (κ1) is 12.9. The van der Waals surface area contributed by atoms with Gasteiger partial charge in [0.2, 0.25) is 0 Å². The molecule has 3 N–H and O–H groups in total. The molecular weight excluding hydrogens is 232 g/mol. The molecule has 3 unspecified atom stereocenters. The van der Waals surface area contributed by atoms with Crippen molar-refractivity contribution in [1.29, 1.82) is 0 Å². The number of carboxylic acid groups (broad SMARTS) is 1. The number of nitrogens with one attached hydrogen (secondary N) is 2. The van der Waals surface area contributed by atoms with E-state index >= 15 is 0 Å². The molecule has 5 nitrogen and oxygen atoms in total. The molecule has 0 aromatic heterocycles. The van der Waals surface area contributed by atoms with E-state index in [0.29, 0.717) is 12.8 Å². The van der Waals surface area contributed by atoms with Crippen LogP contribution in [0.25, 0.3) is 0 Å². The maximum absolute atomic E-state index is 11.8. The average Bonchev–Trinajstić information content (AvgIpc) is 2.78. The molecule has 2 aliphatic carbocycles. The molecule has 0 saturated heterocycles. The second-order valence-electron chi connectivity index (χ2n) is 5.14. The molecule has 1 fully saturated rings. The van der Waals surface area contributed by atoms with Gasteiger partial charge in [-0.05, 0) is 38.5 Å². The molecule has 0 bridgehead atoms. The molecule has 5 heteroatoms. The Morgan fingerprint density at radius 3 is 2.44 bits per heavy atom. The molecule has 0 spiro atoms. The van der Waals surface area contributed by atoms with Gasteiger partial charge in [0.1, 0.15) is 0 Å². The number of amides is 2. The van der Waals surface area contributed by atoms with Crippen LogP contribution in [0.5, 0.6) is 0 Å². The van der Waals surface area contributed by atoms with Crippen molar-refractivity contribution in [2.24, 2.45) is 5.92 Å². The predicted molar refractivity (Wildman–Crippen MR) is 67.2 cm³/mol. The number of rotatable bonds is 3. The van der Waals surface area contributed by atoms with Gasteiger partial charge in [-0.3, -0.25) is 4.79 Å². The van der Waals surface area contributed by atoms with Crippen LogP contribution in [0.4, 0.5) is 4.79 Å². The van der Waals surface area contributed by atoms with Crippen molar-refractivity contribution in [2.75, 3.05) is 0 Å². The fourth-order valence-corrected chi connectivity index (χ4v) is 2.67. The zero-order chi connectivity index (χ0) is 13.0. The van der Waals surface area contributed by atoms with Crippen LogP contribution >= 0.6 is 0 Å². The highest BCUT2D eigenvalue weighted by Crippen LogP contribution is 2.25. The van der Waals surface area contributed by atoms with Crippen molar-refractivity contribution < 1.29 is 14.7 Å².